The monoisotopic (exact) mass is 338 g/mol. The zero-order valence-corrected chi connectivity index (χ0v) is 14.4. The number of phenolic OH excluding ortho intramolecular Hbond substituents is 1. The molecule has 2 amide bonds. The van der Waals surface area contributed by atoms with E-state index in [0.29, 0.717) is 18.6 Å². The van der Waals surface area contributed by atoms with E-state index >= 15 is 0 Å². The quantitative estimate of drug-likeness (QED) is 0.745. The molecule has 1 saturated heterocycles. The molecule has 0 saturated carbocycles. The Hall–Kier alpha value is -2.69. The van der Waals surface area contributed by atoms with Crippen LogP contribution in [0, 0.1) is 0 Å². The second-order valence-electron chi connectivity index (χ2n) is 7.63. The highest BCUT2D eigenvalue weighted by molar-refractivity contribution is 5.77. The lowest BCUT2D eigenvalue weighted by Gasteiger charge is -2.49. The third kappa shape index (κ3) is 2.90. The lowest BCUT2D eigenvalue weighted by Crippen LogP contribution is -2.69. The number of fused-ring (bicyclic) bond motifs is 1. The van der Waals surface area contributed by atoms with Crippen LogP contribution in [0.4, 0.5) is 4.79 Å². The summed E-state index contributed by atoms with van der Waals surface area (Å²) in [7, 11) is 0. The first kappa shape index (κ1) is 15.8. The van der Waals surface area contributed by atoms with Crippen molar-refractivity contribution in [1.29, 1.82) is 0 Å². The molecule has 5 heteroatoms. The van der Waals surface area contributed by atoms with E-state index in [-0.39, 0.29) is 23.2 Å². The molecule has 2 heterocycles. The Labute approximate surface area is 147 Å². The molecule has 1 spiro atoms. The Balaban J connectivity index is 1.82. The number of hydrogen-bond acceptors (Lipinski definition) is 3. The molecule has 2 aliphatic heterocycles. The largest absolute Gasteiger partial charge is 0.508 e. The smallest absolute Gasteiger partial charge is 0.318 e. The van der Waals surface area contributed by atoms with Crippen molar-refractivity contribution in [3.05, 3.63) is 59.7 Å². The van der Waals surface area contributed by atoms with Gasteiger partial charge in [-0.3, -0.25) is 0 Å². The first-order chi connectivity index (χ1) is 11.9. The minimum atomic E-state index is -0.798. The van der Waals surface area contributed by atoms with Gasteiger partial charge < -0.3 is 20.5 Å². The molecule has 0 aromatic heterocycles. The van der Waals surface area contributed by atoms with Crippen molar-refractivity contribution in [1.82, 2.24) is 10.6 Å². The minimum absolute atomic E-state index is 0.0831. The summed E-state index contributed by atoms with van der Waals surface area (Å²) < 4.78 is 6.27. The number of urea groups is 1. The Morgan fingerprint density at radius 2 is 1.88 bits per heavy atom. The van der Waals surface area contributed by atoms with Gasteiger partial charge in [-0.25, -0.2) is 4.79 Å². The number of hydrogen-bond donors (Lipinski definition) is 3. The number of rotatable bonds is 1. The Morgan fingerprint density at radius 1 is 1.12 bits per heavy atom. The Morgan fingerprint density at radius 3 is 2.60 bits per heavy atom. The van der Waals surface area contributed by atoms with Crippen molar-refractivity contribution in [2.45, 2.75) is 43.9 Å². The SMILES string of the molecule is CC1(C)C[C@]2(C[C@@H](c3ccccc3)c3ccc(O)cc3O2)NC(=O)N1. The molecule has 2 aliphatic rings. The Bertz CT molecular complexity index is 819. The van der Waals surface area contributed by atoms with E-state index in [2.05, 4.69) is 22.8 Å². The summed E-state index contributed by atoms with van der Waals surface area (Å²) in [4.78, 5) is 12.2. The third-order valence-corrected chi connectivity index (χ3v) is 4.93. The molecule has 0 unspecified atom stereocenters. The molecule has 2 aromatic rings. The summed E-state index contributed by atoms with van der Waals surface area (Å²) in [6.07, 6.45) is 1.27. The number of phenols is 1. The van der Waals surface area contributed by atoms with Gasteiger partial charge in [0.2, 0.25) is 0 Å². The van der Waals surface area contributed by atoms with Crippen LogP contribution in [0.2, 0.25) is 0 Å². The molecule has 4 rings (SSSR count). The van der Waals surface area contributed by atoms with Crippen LogP contribution in [-0.4, -0.2) is 22.4 Å². The second kappa shape index (κ2) is 5.41. The molecule has 0 bridgehead atoms. The lowest BCUT2D eigenvalue weighted by atomic mass is 9.77. The van der Waals surface area contributed by atoms with Crippen LogP contribution in [0.15, 0.2) is 48.5 Å². The lowest BCUT2D eigenvalue weighted by molar-refractivity contribution is -0.0236. The summed E-state index contributed by atoms with van der Waals surface area (Å²) in [5, 5.41) is 15.8. The van der Waals surface area contributed by atoms with Gasteiger partial charge in [-0.15, -0.1) is 0 Å². The summed E-state index contributed by atoms with van der Waals surface area (Å²) in [5.41, 5.74) is 1.02. The maximum atomic E-state index is 12.2. The zero-order valence-electron chi connectivity index (χ0n) is 14.4. The van der Waals surface area contributed by atoms with Crippen molar-refractivity contribution in [3.8, 4) is 11.5 Å². The van der Waals surface area contributed by atoms with Crippen LogP contribution in [0.3, 0.4) is 0 Å². The van der Waals surface area contributed by atoms with E-state index < -0.39 is 5.72 Å². The van der Waals surface area contributed by atoms with Gasteiger partial charge in [0.25, 0.3) is 0 Å². The fourth-order valence-corrected chi connectivity index (χ4v) is 4.11. The van der Waals surface area contributed by atoms with Crippen molar-refractivity contribution >= 4 is 6.03 Å². The molecule has 3 N–H and O–H groups in total. The highest BCUT2D eigenvalue weighted by Crippen LogP contribution is 2.47. The number of ether oxygens (including phenoxy) is 1. The van der Waals surface area contributed by atoms with Gasteiger partial charge in [-0.2, -0.15) is 0 Å². The number of benzene rings is 2. The topological polar surface area (TPSA) is 70.6 Å². The van der Waals surface area contributed by atoms with E-state index in [9.17, 15) is 9.90 Å². The third-order valence-electron chi connectivity index (χ3n) is 4.93. The van der Waals surface area contributed by atoms with Crippen molar-refractivity contribution in [3.63, 3.8) is 0 Å². The van der Waals surface area contributed by atoms with Crippen molar-refractivity contribution in [2.24, 2.45) is 0 Å². The molecule has 25 heavy (non-hydrogen) atoms. The molecule has 0 radical (unpaired) electrons. The number of carbonyl (C=O) groups is 1. The molecular weight excluding hydrogens is 316 g/mol. The maximum Gasteiger partial charge on any atom is 0.318 e. The second-order valence-corrected chi connectivity index (χ2v) is 7.63. The van der Waals surface area contributed by atoms with Gasteiger partial charge in [-0.05, 0) is 25.5 Å². The fraction of sp³-hybridized carbons (Fsp3) is 0.350. The molecule has 130 valence electrons. The summed E-state index contributed by atoms with van der Waals surface area (Å²) in [6.45, 7) is 3.98. The van der Waals surface area contributed by atoms with Gasteiger partial charge in [0, 0.05) is 35.9 Å². The number of carbonyl (C=O) groups excluding carboxylic acids is 1. The molecular formula is C20H22N2O3. The van der Waals surface area contributed by atoms with Crippen molar-refractivity contribution < 1.29 is 14.6 Å². The van der Waals surface area contributed by atoms with Crippen LogP contribution in [0.5, 0.6) is 11.5 Å². The highest BCUT2D eigenvalue weighted by atomic mass is 16.5. The minimum Gasteiger partial charge on any atom is -0.508 e. The highest BCUT2D eigenvalue weighted by Gasteiger charge is 2.49. The zero-order chi connectivity index (χ0) is 17.7. The van der Waals surface area contributed by atoms with Crippen LogP contribution in [-0.2, 0) is 0 Å². The normalized spacial score (nSPS) is 27.0. The predicted octanol–water partition coefficient (Wildman–Crippen LogP) is 3.48. The molecule has 2 aromatic carbocycles. The average molecular weight is 338 g/mol. The molecule has 2 atom stereocenters. The van der Waals surface area contributed by atoms with Gasteiger partial charge in [0.05, 0.1) is 0 Å². The number of aromatic hydroxyl groups is 1. The molecule has 5 nitrogen and oxygen atoms in total. The van der Waals surface area contributed by atoms with E-state index in [4.69, 9.17) is 4.74 Å². The van der Waals surface area contributed by atoms with E-state index in [1.165, 1.54) is 5.56 Å². The van der Waals surface area contributed by atoms with Gasteiger partial charge in [0.15, 0.2) is 5.72 Å². The van der Waals surface area contributed by atoms with Crippen LogP contribution < -0.4 is 15.4 Å². The van der Waals surface area contributed by atoms with Crippen LogP contribution >= 0.6 is 0 Å². The Kier molecular flexibility index (Phi) is 3.42. The molecule has 1 fully saturated rings. The predicted molar refractivity (Wildman–Crippen MR) is 94.7 cm³/mol. The van der Waals surface area contributed by atoms with E-state index in [0.717, 1.165) is 5.56 Å². The van der Waals surface area contributed by atoms with Gasteiger partial charge >= 0.3 is 6.03 Å². The van der Waals surface area contributed by atoms with Crippen LogP contribution in [0.1, 0.15) is 43.7 Å². The van der Waals surface area contributed by atoms with Gasteiger partial charge in [-0.1, -0.05) is 36.4 Å². The fourth-order valence-electron chi connectivity index (χ4n) is 4.11. The maximum absolute atomic E-state index is 12.2. The summed E-state index contributed by atoms with van der Waals surface area (Å²) >= 11 is 0. The van der Waals surface area contributed by atoms with E-state index in [1.54, 1.807) is 12.1 Å². The first-order valence-electron chi connectivity index (χ1n) is 8.53. The first-order valence-corrected chi connectivity index (χ1v) is 8.53. The van der Waals surface area contributed by atoms with E-state index in [1.807, 2.05) is 38.1 Å². The average Bonchev–Trinajstić information content (AvgIpc) is 2.52. The summed E-state index contributed by atoms with van der Waals surface area (Å²) in [5.74, 6) is 0.861. The number of nitrogens with one attached hydrogen (secondary N) is 2. The number of amides is 2. The standard InChI is InChI=1S/C20H22N2O3/c1-19(2)12-20(22-18(24)21-19)11-16(13-6-4-3-5-7-13)15-9-8-14(23)10-17(15)25-20/h3-10,16,23H,11-12H2,1-2H3,(H2,21,22,24)/t16-,20+/m0/s1. The van der Waals surface area contributed by atoms with Crippen molar-refractivity contribution in [2.75, 3.05) is 0 Å². The van der Waals surface area contributed by atoms with Crippen LogP contribution in [0.25, 0.3) is 0 Å². The molecule has 0 aliphatic carbocycles. The summed E-state index contributed by atoms with van der Waals surface area (Å²) in [6, 6.07) is 15.2. The van der Waals surface area contributed by atoms with Gasteiger partial charge in [0.1, 0.15) is 11.5 Å².